The molecular weight excluding hydrogens is 235 g/mol. The van der Waals surface area contributed by atoms with Crippen LogP contribution in [0.25, 0.3) is 0 Å². The average Bonchev–Trinajstić information content (AvgIpc) is 2.33. The molecule has 0 radical (unpaired) electrons. The zero-order valence-electron chi connectivity index (χ0n) is 10.1. The molecule has 5 nitrogen and oxygen atoms in total. The highest BCUT2D eigenvalue weighted by Crippen LogP contribution is 2.25. The Kier molecular flexibility index (Phi) is 3.27. The molecule has 0 spiro atoms. The molecule has 0 saturated carbocycles. The Labute approximate surface area is 104 Å². The van der Waals surface area contributed by atoms with Crippen molar-refractivity contribution in [2.45, 2.75) is 6.92 Å². The molecule has 0 bridgehead atoms. The Morgan fingerprint density at radius 3 is 2.78 bits per heavy atom. The van der Waals surface area contributed by atoms with Gasteiger partial charge < -0.3 is 15.8 Å². The molecule has 1 aromatic heterocycles. The van der Waals surface area contributed by atoms with E-state index in [-0.39, 0.29) is 17.6 Å². The lowest BCUT2D eigenvalue weighted by Gasteiger charge is -2.08. The van der Waals surface area contributed by atoms with Gasteiger partial charge in [-0.1, -0.05) is 6.07 Å². The maximum Gasteiger partial charge on any atom is 0.226 e. The van der Waals surface area contributed by atoms with Gasteiger partial charge in [-0.15, -0.1) is 0 Å². The highest BCUT2D eigenvalue weighted by molar-refractivity contribution is 5.43. The van der Waals surface area contributed by atoms with Crippen molar-refractivity contribution in [3.05, 3.63) is 35.6 Å². The van der Waals surface area contributed by atoms with Crippen LogP contribution < -0.4 is 15.8 Å². The number of nitrogen functional groups attached to an aromatic ring is 1. The summed E-state index contributed by atoms with van der Waals surface area (Å²) in [6.07, 6.45) is 0. The van der Waals surface area contributed by atoms with Crippen molar-refractivity contribution in [1.29, 1.82) is 0 Å². The van der Waals surface area contributed by atoms with Gasteiger partial charge in [0.05, 0.1) is 0 Å². The Hall–Kier alpha value is -2.37. The second-order valence-corrected chi connectivity index (χ2v) is 3.74. The third-order valence-corrected chi connectivity index (χ3v) is 2.28. The zero-order chi connectivity index (χ0) is 13.1. The average molecular weight is 248 g/mol. The molecular formula is C12H13FN4O. The Morgan fingerprint density at radius 1 is 1.28 bits per heavy atom. The summed E-state index contributed by atoms with van der Waals surface area (Å²) in [7, 11) is 1.69. The van der Waals surface area contributed by atoms with Gasteiger partial charge in [-0.25, -0.2) is 4.39 Å². The first-order valence-electron chi connectivity index (χ1n) is 5.35. The molecule has 1 heterocycles. The van der Waals surface area contributed by atoms with E-state index in [1.807, 2.05) is 6.92 Å². The fraction of sp³-hybridized carbons (Fsp3) is 0.167. The van der Waals surface area contributed by atoms with E-state index in [9.17, 15) is 4.39 Å². The number of rotatable bonds is 3. The van der Waals surface area contributed by atoms with Crippen LogP contribution in [-0.2, 0) is 0 Å². The molecule has 94 valence electrons. The summed E-state index contributed by atoms with van der Waals surface area (Å²) in [5, 5.41) is 2.82. The minimum absolute atomic E-state index is 0.0601. The van der Waals surface area contributed by atoms with E-state index in [2.05, 4.69) is 15.3 Å². The monoisotopic (exact) mass is 248 g/mol. The van der Waals surface area contributed by atoms with Crippen LogP contribution in [-0.4, -0.2) is 17.0 Å². The number of hydrogen-bond donors (Lipinski definition) is 2. The molecule has 18 heavy (non-hydrogen) atoms. The van der Waals surface area contributed by atoms with Gasteiger partial charge in [0, 0.05) is 13.1 Å². The lowest BCUT2D eigenvalue weighted by Crippen LogP contribution is -2.01. The van der Waals surface area contributed by atoms with E-state index < -0.39 is 5.82 Å². The molecule has 0 fully saturated rings. The van der Waals surface area contributed by atoms with E-state index in [0.29, 0.717) is 5.82 Å². The molecule has 0 aliphatic carbocycles. The van der Waals surface area contributed by atoms with Crippen molar-refractivity contribution >= 4 is 11.8 Å². The largest absolute Gasteiger partial charge is 0.436 e. The summed E-state index contributed by atoms with van der Waals surface area (Å²) in [5.41, 5.74) is 6.41. The minimum Gasteiger partial charge on any atom is -0.436 e. The number of nitrogens with zero attached hydrogens (tertiary/aromatic N) is 2. The summed E-state index contributed by atoms with van der Waals surface area (Å²) >= 11 is 0. The molecule has 0 atom stereocenters. The first-order valence-corrected chi connectivity index (χ1v) is 5.35. The van der Waals surface area contributed by atoms with Gasteiger partial charge in [0.1, 0.15) is 5.82 Å². The quantitative estimate of drug-likeness (QED) is 0.872. The molecule has 2 rings (SSSR count). The summed E-state index contributed by atoms with van der Waals surface area (Å²) in [6, 6.07) is 6.13. The number of nitrogens with one attached hydrogen (secondary N) is 1. The second kappa shape index (κ2) is 4.87. The highest BCUT2D eigenvalue weighted by atomic mass is 19.1. The van der Waals surface area contributed by atoms with Crippen LogP contribution in [0, 0.1) is 12.7 Å². The topological polar surface area (TPSA) is 73.1 Å². The molecule has 1 aromatic carbocycles. The first-order chi connectivity index (χ1) is 8.58. The van der Waals surface area contributed by atoms with Gasteiger partial charge in [-0.3, -0.25) is 0 Å². The van der Waals surface area contributed by atoms with Crippen LogP contribution in [0.2, 0.25) is 0 Å². The van der Waals surface area contributed by atoms with E-state index in [1.54, 1.807) is 19.2 Å². The SMILES string of the molecule is CNc1cc(Oc2cc(C)ccc2F)nc(N)n1. The van der Waals surface area contributed by atoms with E-state index >= 15 is 0 Å². The predicted octanol–water partition coefficient (Wildman–Crippen LogP) is 2.34. The molecule has 2 aromatic rings. The third-order valence-electron chi connectivity index (χ3n) is 2.28. The molecule has 0 aliphatic heterocycles. The number of aromatic nitrogens is 2. The van der Waals surface area contributed by atoms with Crippen LogP contribution in [0.5, 0.6) is 11.6 Å². The van der Waals surface area contributed by atoms with Crippen LogP contribution in [0.4, 0.5) is 16.2 Å². The van der Waals surface area contributed by atoms with Crippen LogP contribution >= 0.6 is 0 Å². The molecule has 6 heteroatoms. The lowest BCUT2D eigenvalue weighted by molar-refractivity contribution is 0.427. The number of nitrogens with two attached hydrogens (primary N) is 1. The van der Waals surface area contributed by atoms with E-state index in [1.165, 1.54) is 12.1 Å². The van der Waals surface area contributed by atoms with E-state index in [4.69, 9.17) is 10.5 Å². The first kappa shape index (κ1) is 12.1. The Morgan fingerprint density at radius 2 is 2.06 bits per heavy atom. The highest BCUT2D eigenvalue weighted by Gasteiger charge is 2.08. The lowest BCUT2D eigenvalue weighted by atomic mass is 10.2. The number of halogens is 1. The number of hydrogen-bond acceptors (Lipinski definition) is 5. The summed E-state index contributed by atoms with van der Waals surface area (Å²) in [5.74, 6) is 0.408. The van der Waals surface area contributed by atoms with E-state index in [0.717, 1.165) is 5.56 Å². The number of aryl methyl sites for hydroxylation is 1. The van der Waals surface area contributed by atoms with Crippen molar-refractivity contribution in [3.8, 4) is 11.6 Å². The van der Waals surface area contributed by atoms with Crippen molar-refractivity contribution in [3.63, 3.8) is 0 Å². The normalized spacial score (nSPS) is 10.2. The maximum absolute atomic E-state index is 13.5. The minimum atomic E-state index is -0.455. The number of benzene rings is 1. The smallest absolute Gasteiger partial charge is 0.226 e. The van der Waals surface area contributed by atoms with Gasteiger partial charge >= 0.3 is 0 Å². The predicted molar refractivity (Wildman–Crippen MR) is 67.2 cm³/mol. The van der Waals surface area contributed by atoms with Gasteiger partial charge in [0.25, 0.3) is 0 Å². The molecule has 0 saturated heterocycles. The van der Waals surface area contributed by atoms with Gasteiger partial charge in [-0.05, 0) is 24.6 Å². The molecule has 3 N–H and O–H groups in total. The van der Waals surface area contributed by atoms with Crippen LogP contribution in [0.1, 0.15) is 5.56 Å². The van der Waals surface area contributed by atoms with Crippen LogP contribution in [0.15, 0.2) is 24.3 Å². The standard InChI is InChI=1S/C12H13FN4O/c1-7-3-4-8(13)9(5-7)18-11-6-10(15-2)16-12(14)17-11/h3-6H,1-2H3,(H3,14,15,16,17). The van der Waals surface area contributed by atoms with Crippen molar-refractivity contribution in [1.82, 2.24) is 9.97 Å². The maximum atomic E-state index is 13.5. The second-order valence-electron chi connectivity index (χ2n) is 3.74. The van der Waals surface area contributed by atoms with Gasteiger partial charge in [0.2, 0.25) is 11.8 Å². The van der Waals surface area contributed by atoms with Crippen molar-refractivity contribution in [2.24, 2.45) is 0 Å². The summed E-state index contributed by atoms with van der Waals surface area (Å²) < 4.78 is 18.9. The Balaban J connectivity index is 2.33. The van der Waals surface area contributed by atoms with Crippen molar-refractivity contribution in [2.75, 3.05) is 18.1 Å². The van der Waals surface area contributed by atoms with Gasteiger partial charge in [0.15, 0.2) is 11.6 Å². The summed E-state index contributed by atoms with van der Waals surface area (Å²) in [6.45, 7) is 1.85. The fourth-order valence-corrected chi connectivity index (χ4v) is 1.42. The number of ether oxygens (including phenoxy) is 1. The molecule has 0 aliphatic rings. The summed E-state index contributed by atoms with van der Waals surface area (Å²) in [4.78, 5) is 7.80. The molecule has 0 unspecified atom stereocenters. The fourth-order valence-electron chi connectivity index (χ4n) is 1.42. The zero-order valence-corrected chi connectivity index (χ0v) is 10.1. The van der Waals surface area contributed by atoms with Crippen molar-refractivity contribution < 1.29 is 9.13 Å². The van der Waals surface area contributed by atoms with Crippen LogP contribution in [0.3, 0.4) is 0 Å². The molecule has 0 amide bonds. The Bertz CT molecular complexity index is 574. The number of anilines is 2. The third kappa shape index (κ3) is 2.65. The van der Waals surface area contributed by atoms with Gasteiger partial charge in [-0.2, -0.15) is 9.97 Å².